The van der Waals surface area contributed by atoms with Gasteiger partial charge in [0.05, 0.1) is 5.51 Å². The van der Waals surface area contributed by atoms with Gasteiger partial charge >= 0.3 is 5.97 Å². The molecule has 0 atom stereocenters. The highest BCUT2D eigenvalue weighted by atomic mass is 32.2. The lowest BCUT2D eigenvalue weighted by Gasteiger charge is -2.24. The molecule has 1 aromatic heterocycles. The van der Waals surface area contributed by atoms with Crippen molar-refractivity contribution in [1.82, 2.24) is 9.29 Å². The van der Waals surface area contributed by atoms with Crippen LogP contribution in [0.25, 0.3) is 0 Å². The Morgan fingerprint density at radius 1 is 1.56 bits per heavy atom. The Bertz CT molecular complexity index is 603. The zero-order chi connectivity index (χ0) is 13.3. The van der Waals surface area contributed by atoms with Crippen LogP contribution in [-0.2, 0) is 10.0 Å². The molecule has 0 radical (unpaired) electrons. The Kier molecular flexibility index (Phi) is 3.51. The van der Waals surface area contributed by atoms with Crippen LogP contribution in [0.2, 0.25) is 0 Å². The monoisotopic (exact) mass is 288 g/mol. The summed E-state index contributed by atoms with van der Waals surface area (Å²) in [4.78, 5) is 14.5. The quantitative estimate of drug-likeness (QED) is 0.844. The summed E-state index contributed by atoms with van der Waals surface area (Å²) in [6, 6.07) is 0. The van der Waals surface area contributed by atoms with Crippen molar-refractivity contribution in [3.8, 4) is 0 Å². The summed E-state index contributed by atoms with van der Waals surface area (Å²) in [5, 5.41) is 8.91. The maximum atomic E-state index is 12.3. The third-order valence-corrected chi connectivity index (χ3v) is 5.92. The van der Waals surface area contributed by atoms with Gasteiger partial charge < -0.3 is 5.11 Å². The Hall–Kier alpha value is -1.25. The van der Waals surface area contributed by atoms with E-state index >= 15 is 0 Å². The second-order valence-electron chi connectivity index (χ2n) is 3.96. The first-order valence-electron chi connectivity index (χ1n) is 5.25. The topological polar surface area (TPSA) is 87.6 Å². The number of carboxylic acids is 1. The first-order chi connectivity index (χ1) is 8.43. The summed E-state index contributed by atoms with van der Waals surface area (Å²) in [6.07, 6.45) is 2.50. The maximum Gasteiger partial charge on any atom is 0.356 e. The fraction of sp³-hybridized carbons (Fsp3) is 0.400. The van der Waals surface area contributed by atoms with Gasteiger partial charge in [-0.2, -0.15) is 4.31 Å². The van der Waals surface area contributed by atoms with Crippen LogP contribution < -0.4 is 0 Å². The second kappa shape index (κ2) is 4.79. The molecule has 0 saturated carbocycles. The van der Waals surface area contributed by atoms with Gasteiger partial charge in [-0.25, -0.2) is 18.2 Å². The van der Waals surface area contributed by atoms with Gasteiger partial charge in [0.1, 0.15) is 0 Å². The lowest BCUT2D eigenvalue weighted by molar-refractivity contribution is 0.0687. The Morgan fingerprint density at radius 3 is 2.83 bits per heavy atom. The van der Waals surface area contributed by atoms with E-state index in [1.54, 1.807) is 0 Å². The second-order valence-corrected chi connectivity index (χ2v) is 6.95. The van der Waals surface area contributed by atoms with E-state index in [1.165, 1.54) is 9.82 Å². The molecule has 8 heteroatoms. The fourth-order valence-electron chi connectivity index (χ4n) is 1.65. The SMILES string of the molecule is CC1=CCN(S(=O)(=O)c2scnc2C(=O)O)CC1. The van der Waals surface area contributed by atoms with Gasteiger partial charge in [0.25, 0.3) is 10.0 Å². The van der Waals surface area contributed by atoms with Crippen molar-refractivity contribution in [2.75, 3.05) is 13.1 Å². The van der Waals surface area contributed by atoms with Gasteiger partial charge in [-0.15, -0.1) is 11.3 Å². The molecule has 0 saturated heterocycles. The summed E-state index contributed by atoms with van der Waals surface area (Å²) in [7, 11) is -3.75. The van der Waals surface area contributed by atoms with Crippen molar-refractivity contribution >= 4 is 27.3 Å². The molecule has 0 amide bonds. The molecule has 1 aromatic rings. The highest BCUT2D eigenvalue weighted by molar-refractivity contribution is 7.91. The average molecular weight is 288 g/mol. The number of hydrogen-bond donors (Lipinski definition) is 1. The van der Waals surface area contributed by atoms with Crippen molar-refractivity contribution < 1.29 is 18.3 Å². The number of hydrogen-bond acceptors (Lipinski definition) is 5. The van der Waals surface area contributed by atoms with Gasteiger partial charge in [-0.3, -0.25) is 0 Å². The molecule has 1 aliphatic heterocycles. The van der Waals surface area contributed by atoms with Gasteiger partial charge in [0, 0.05) is 13.1 Å². The van der Waals surface area contributed by atoms with E-state index in [2.05, 4.69) is 4.98 Å². The van der Waals surface area contributed by atoms with E-state index in [9.17, 15) is 13.2 Å². The highest BCUT2D eigenvalue weighted by Gasteiger charge is 2.31. The van der Waals surface area contributed by atoms with Crippen LogP contribution >= 0.6 is 11.3 Å². The minimum absolute atomic E-state index is 0.192. The van der Waals surface area contributed by atoms with Gasteiger partial charge in [-0.1, -0.05) is 11.6 Å². The number of aromatic nitrogens is 1. The number of carbonyl (C=O) groups is 1. The standard InChI is InChI=1S/C10H12N2O4S2/c1-7-2-4-12(5-3-7)18(15,16)10-8(9(13)14)11-6-17-10/h2,6H,3-5H2,1H3,(H,13,14). The normalized spacial score (nSPS) is 17.5. The van der Waals surface area contributed by atoms with E-state index in [1.807, 2.05) is 13.0 Å². The molecule has 0 fully saturated rings. The molecule has 0 unspecified atom stereocenters. The Labute approximate surface area is 109 Å². The number of nitrogens with zero attached hydrogens (tertiary/aromatic N) is 2. The van der Waals surface area contributed by atoms with Crippen LogP contribution in [0.1, 0.15) is 23.8 Å². The number of carboxylic acid groups (broad SMARTS) is 1. The molecule has 6 nitrogen and oxygen atoms in total. The molecule has 0 aromatic carbocycles. The molecule has 2 rings (SSSR count). The molecule has 18 heavy (non-hydrogen) atoms. The van der Waals surface area contributed by atoms with Crippen LogP contribution in [-0.4, -0.2) is 41.9 Å². The van der Waals surface area contributed by atoms with E-state index in [0.717, 1.165) is 16.9 Å². The predicted octanol–water partition coefficient (Wildman–Crippen LogP) is 1.18. The molecule has 0 aliphatic carbocycles. The van der Waals surface area contributed by atoms with Crippen LogP contribution in [0.3, 0.4) is 0 Å². The first kappa shape index (κ1) is 13.2. The number of thiazole rings is 1. The Morgan fingerprint density at radius 2 is 2.28 bits per heavy atom. The summed E-state index contributed by atoms with van der Waals surface area (Å²) in [6.45, 7) is 2.60. The molecule has 1 N–H and O–H groups in total. The van der Waals surface area contributed by atoms with E-state index in [0.29, 0.717) is 13.0 Å². The molecule has 2 heterocycles. The zero-order valence-corrected chi connectivity index (χ0v) is 11.3. The zero-order valence-electron chi connectivity index (χ0n) is 9.66. The summed E-state index contributed by atoms with van der Waals surface area (Å²) in [5.41, 5.74) is 1.98. The molecule has 0 bridgehead atoms. The van der Waals surface area contributed by atoms with E-state index in [4.69, 9.17) is 5.11 Å². The fourth-order valence-corrected chi connectivity index (χ4v) is 4.31. The smallest absolute Gasteiger partial charge is 0.356 e. The maximum absolute atomic E-state index is 12.3. The lowest BCUT2D eigenvalue weighted by Crippen LogP contribution is -2.35. The number of rotatable bonds is 3. The van der Waals surface area contributed by atoms with Crippen molar-refractivity contribution in [3.63, 3.8) is 0 Å². The van der Waals surface area contributed by atoms with E-state index < -0.39 is 21.7 Å². The number of aromatic carboxylic acids is 1. The summed E-state index contributed by atoms with van der Waals surface area (Å²) >= 11 is 0.837. The van der Waals surface area contributed by atoms with Crippen LogP contribution in [0.4, 0.5) is 0 Å². The van der Waals surface area contributed by atoms with Gasteiger partial charge in [-0.05, 0) is 13.3 Å². The highest BCUT2D eigenvalue weighted by Crippen LogP contribution is 2.26. The Balaban J connectivity index is 2.37. The molecular formula is C10H12N2O4S2. The predicted molar refractivity (Wildman–Crippen MR) is 66.2 cm³/mol. The van der Waals surface area contributed by atoms with Gasteiger partial charge in [0.15, 0.2) is 9.90 Å². The van der Waals surface area contributed by atoms with Crippen LogP contribution in [0.5, 0.6) is 0 Å². The number of sulfonamides is 1. The van der Waals surface area contributed by atoms with Crippen LogP contribution in [0, 0.1) is 0 Å². The van der Waals surface area contributed by atoms with E-state index in [-0.39, 0.29) is 10.8 Å². The molecule has 1 aliphatic rings. The molecule has 0 spiro atoms. The van der Waals surface area contributed by atoms with Crippen molar-refractivity contribution in [1.29, 1.82) is 0 Å². The van der Waals surface area contributed by atoms with Crippen molar-refractivity contribution in [3.05, 3.63) is 22.9 Å². The van der Waals surface area contributed by atoms with Crippen LogP contribution in [0.15, 0.2) is 21.4 Å². The third kappa shape index (κ3) is 2.31. The minimum atomic E-state index is -3.75. The first-order valence-corrected chi connectivity index (χ1v) is 7.57. The van der Waals surface area contributed by atoms with Crippen molar-refractivity contribution in [2.24, 2.45) is 0 Å². The van der Waals surface area contributed by atoms with Gasteiger partial charge in [0.2, 0.25) is 0 Å². The lowest BCUT2D eigenvalue weighted by atomic mass is 10.1. The van der Waals surface area contributed by atoms with Crippen molar-refractivity contribution in [2.45, 2.75) is 17.6 Å². The largest absolute Gasteiger partial charge is 0.476 e. The third-order valence-electron chi connectivity index (χ3n) is 2.71. The molecule has 98 valence electrons. The summed E-state index contributed by atoms with van der Waals surface area (Å²) in [5.74, 6) is -1.32. The minimum Gasteiger partial charge on any atom is -0.476 e. The molecular weight excluding hydrogens is 276 g/mol. The summed E-state index contributed by atoms with van der Waals surface area (Å²) < 4.78 is 25.7. The average Bonchev–Trinajstić information content (AvgIpc) is 2.79.